The summed E-state index contributed by atoms with van der Waals surface area (Å²) in [5.41, 5.74) is 2.45. The van der Waals surface area contributed by atoms with Crippen LogP contribution < -0.4 is 0 Å². The van der Waals surface area contributed by atoms with Gasteiger partial charge in [-0.1, -0.05) is 58.3 Å². The van der Waals surface area contributed by atoms with Gasteiger partial charge in [-0.2, -0.15) is 0 Å². The van der Waals surface area contributed by atoms with Crippen molar-refractivity contribution in [1.29, 1.82) is 0 Å². The Morgan fingerprint density at radius 1 is 0.806 bits per heavy atom. The third-order valence-electron chi connectivity index (χ3n) is 7.00. The van der Waals surface area contributed by atoms with Gasteiger partial charge >= 0.3 is 0 Å². The van der Waals surface area contributed by atoms with E-state index in [1.54, 1.807) is 29.5 Å². The molecule has 0 aliphatic rings. The lowest BCUT2D eigenvalue weighted by Crippen LogP contribution is -2.27. The van der Waals surface area contributed by atoms with Gasteiger partial charge in [0.1, 0.15) is 11.5 Å². The Hall–Kier alpha value is -2.53. The maximum Gasteiger partial charge on any atom is 0.222 e. The fraction of sp³-hybridized carbons (Fsp3) is 0.516. The molecule has 3 rings (SSSR count). The van der Waals surface area contributed by atoms with Crippen LogP contribution >= 0.6 is 11.3 Å². The number of fused-ring (bicyclic) bond motifs is 1. The van der Waals surface area contributed by atoms with Crippen molar-refractivity contribution in [3.05, 3.63) is 48.0 Å². The number of thiophene rings is 1. The lowest BCUT2D eigenvalue weighted by molar-refractivity contribution is -0.130. The van der Waals surface area contributed by atoms with Crippen molar-refractivity contribution in [1.82, 2.24) is 4.90 Å². The molecule has 1 heterocycles. The standard InChI is InChI=1S/C31H43NO3S/c1-3-4-5-10-13-22-32(2)30(35)15-12-9-7-6-8-11-14-28-27-21-20-26(34)23-29(27)36-31(28)24-16-18-25(33)19-17-24/h16-21,23,33-34H,3-15,22H2,1-2H3. The van der Waals surface area contributed by atoms with E-state index in [1.807, 2.05) is 36.2 Å². The van der Waals surface area contributed by atoms with Crippen LogP contribution in [0.2, 0.25) is 0 Å². The lowest BCUT2D eigenvalue weighted by Gasteiger charge is -2.17. The van der Waals surface area contributed by atoms with Gasteiger partial charge in [0.25, 0.3) is 0 Å². The highest BCUT2D eigenvalue weighted by molar-refractivity contribution is 7.22. The number of aryl methyl sites for hydroxylation is 1. The number of carbonyl (C=O) groups excluding carboxylic acids is 1. The number of carbonyl (C=O) groups is 1. The molecule has 4 nitrogen and oxygen atoms in total. The molecule has 36 heavy (non-hydrogen) atoms. The Morgan fingerprint density at radius 2 is 1.44 bits per heavy atom. The smallest absolute Gasteiger partial charge is 0.222 e. The summed E-state index contributed by atoms with van der Waals surface area (Å²) in [7, 11) is 1.95. The predicted molar refractivity (Wildman–Crippen MR) is 153 cm³/mol. The van der Waals surface area contributed by atoms with Crippen LogP contribution in [-0.4, -0.2) is 34.6 Å². The highest BCUT2D eigenvalue weighted by Crippen LogP contribution is 2.41. The van der Waals surface area contributed by atoms with Gasteiger partial charge in [0.05, 0.1) is 0 Å². The molecule has 0 saturated carbocycles. The predicted octanol–water partition coefficient (Wildman–Crippen LogP) is 8.68. The summed E-state index contributed by atoms with van der Waals surface area (Å²) in [5.74, 6) is 0.863. The zero-order valence-electron chi connectivity index (χ0n) is 22.1. The second-order valence-electron chi connectivity index (χ2n) is 9.99. The highest BCUT2D eigenvalue weighted by Gasteiger charge is 2.14. The van der Waals surface area contributed by atoms with Gasteiger partial charge in [-0.3, -0.25) is 4.79 Å². The van der Waals surface area contributed by atoms with Gasteiger partial charge in [-0.05, 0) is 84.7 Å². The largest absolute Gasteiger partial charge is 0.508 e. The summed E-state index contributed by atoms with van der Waals surface area (Å²) in [5, 5.41) is 20.8. The van der Waals surface area contributed by atoms with Crippen LogP contribution in [0.25, 0.3) is 20.5 Å². The number of benzene rings is 2. The molecular formula is C31H43NO3S. The normalized spacial score (nSPS) is 11.3. The van der Waals surface area contributed by atoms with E-state index in [-0.39, 0.29) is 5.75 Å². The van der Waals surface area contributed by atoms with E-state index in [2.05, 4.69) is 6.92 Å². The number of hydrogen-bond acceptors (Lipinski definition) is 4. The maximum absolute atomic E-state index is 12.3. The number of phenolic OH excluding ortho intramolecular Hbond substituents is 2. The van der Waals surface area contributed by atoms with Gasteiger partial charge in [0.15, 0.2) is 0 Å². The number of phenols is 2. The van der Waals surface area contributed by atoms with Gasteiger partial charge < -0.3 is 15.1 Å². The Labute approximate surface area is 221 Å². The molecule has 0 bridgehead atoms. The SMILES string of the molecule is CCCCCCCN(C)C(=O)CCCCCCCCc1c(-c2ccc(O)cc2)sc2cc(O)ccc12. The Kier molecular flexibility index (Phi) is 11.6. The quantitative estimate of drug-likeness (QED) is 0.190. The monoisotopic (exact) mass is 509 g/mol. The Balaban J connectivity index is 1.39. The number of aromatic hydroxyl groups is 2. The van der Waals surface area contributed by atoms with Gasteiger partial charge in [0, 0.05) is 29.6 Å². The zero-order chi connectivity index (χ0) is 25.8. The van der Waals surface area contributed by atoms with Crippen LogP contribution in [0.15, 0.2) is 42.5 Å². The van der Waals surface area contributed by atoms with Crippen molar-refractivity contribution < 1.29 is 15.0 Å². The number of rotatable bonds is 16. The van der Waals surface area contributed by atoms with Crippen LogP contribution in [0.5, 0.6) is 11.5 Å². The van der Waals surface area contributed by atoms with Crippen LogP contribution in [0.1, 0.15) is 89.5 Å². The van der Waals surface area contributed by atoms with E-state index in [0.717, 1.165) is 48.9 Å². The molecule has 0 aliphatic heterocycles. The van der Waals surface area contributed by atoms with E-state index in [1.165, 1.54) is 60.8 Å². The maximum atomic E-state index is 12.3. The van der Waals surface area contributed by atoms with E-state index >= 15 is 0 Å². The number of unbranched alkanes of at least 4 members (excludes halogenated alkanes) is 9. The Morgan fingerprint density at radius 3 is 2.19 bits per heavy atom. The fourth-order valence-corrected chi connectivity index (χ4v) is 6.08. The summed E-state index contributed by atoms with van der Waals surface area (Å²) in [6.45, 7) is 3.12. The first-order valence-corrected chi connectivity index (χ1v) is 14.6. The summed E-state index contributed by atoms with van der Waals surface area (Å²) in [4.78, 5) is 15.5. The van der Waals surface area contributed by atoms with Crippen molar-refractivity contribution in [2.75, 3.05) is 13.6 Å². The van der Waals surface area contributed by atoms with Crippen molar-refractivity contribution in [2.45, 2.75) is 90.4 Å². The minimum Gasteiger partial charge on any atom is -0.508 e. The molecule has 2 N–H and O–H groups in total. The molecule has 0 spiro atoms. The van der Waals surface area contributed by atoms with Crippen LogP contribution in [0.4, 0.5) is 0 Å². The topological polar surface area (TPSA) is 60.8 Å². The summed E-state index contributed by atoms with van der Waals surface area (Å²) < 4.78 is 1.10. The molecule has 0 radical (unpaired) electrons. The molecule has 3 aromatic rings. The summed E-state index contributed by atoms with van der Waals surface area (Å²) in [6, 6.07) is 13.0. The van der Waals surface area contributed by atoms with Gasteiger partial charge in [-0.15, -0.1) is 11.3 Å². The van der Waals surface area contributed by atoms with Crippen molar-refractivity contribution in [3.63, 3.8) is 0 Å². The van der Waals surface area contributed by atoms with Crippen molar-refractivity contribution in [2.24, 2.45) is 0 Å². The second kappa shape index (κ2) is 14.9. The summed E-state index contributed by atoms with van der Waals surface area (Å²) >= 11 is 1.71. The first-order chi connectivity index (χ1) is 17.5. The zero-order valence-corrected chi connectivity index (χ0v) is 22.9. The average Bonchev–Trinajstić information content (AvgIpc) is 3.23. The van der Waals surface area contributed by atoms with Crippen molar-refractivity contribution in [3.8, 4) is 21.9 Å². The molecule has 196 valence electrons. The van der Waals surface area contributed by atoms with Gasteiger partial charge in [0.2, 0.25) is 5.91 Å². The summed E-state index contributed by atoms with van der Waals surface area (Å²) in [6.07, 6.45) is 14.6. The first-order valence-electron chi connectivity index (χ1n) is 13.8. The second-order valence-corrected chi connectivity index (χ2v) is 11.0. The van der Waals surface area contributed by atoms with Crippen LogP contribution in [0, 0.1) is 0 Å². The molecule has 1 aromatic heterocycles. The molecule has 5 heteroatoms. The molecule has 0 aliphatic carbocycles. The highest BCUT2D eigenvalue weighted by atomic mass is 32.1. The van der Waals surface area contributed by atoms with Crippen LogP contribution in [0.3, 0.4) is 0 Å². The van der Waals surface area contributed by atoms with Crippen molar-refractivity contribution >= 4 is 27.3 Å². The van der Waals surface area contributed by atoms with E-state index in [0.29, 0.717) is 18.1 Å². The number of hydrogen-bond donors (Lipinski definition) is 2. The Bertz CT molecular complexity index is 1070. The lowest BCUT2D eigenvalue weighted by atomic mass is 9.99. The third-order valence-corrected chi connectivity index (χ3v) is 8.24. The fourth-order valence-electron chi connectivity index (χ4n) is 4.79. The molecule has 2 aromatic carbocycles. The molecule has 1 amide bonds. The van der Waals surface area contributed by atoms with E-state index < -0.39 is 0 Å². The van der Waals surface area contributed by atoms with Gasteiger partial charge in [-0.25, -0.2) is 0 Å². The number of nitrogens with zero attached hydrogens (tertiary/aromatic N) is 1. The average molecular weight is 510 g/mol. The first kappa shape index (κ1) is 28.0. The van der Waals surface area contributed by atoms with E-state index in [4.69, 9.17) is 0 Å². The minimum atomic E-state index is 0.273. The van der Waals surface area contributed by atoms with E-state index in [9.17, 15) is 15.0 Å². The molecule has 0 atom stereocenters. The third kappa shape index (κ3) is 8.55. The molecule has 0 unspecified atom stereocenters. The molecular weight excluding hydrogens is 466 g/mol. The number of amides is 1. The van der Waals surface area contributed by atoms with Crippen LogP contribution in [-0.2, 0) is 11.2 Å². The molecule has 0 saturated heterocycles. The molecule has 0 fully saturated rings. The minimum absolute atomic E-state index is 0.273.